The summed E-state index contributed by atoms with van der Waals surface area (Å²) in [6.45, 7) is 1.35. The van der Waals surface area contributed by atoms with Crippen LogP contribution >= 0.6 is 0 Å². The summed E-state index contributed by atoms with van der Waals surface area (Å²) in [6, 6.07) is 8.12. The van der Waals surface area contributed by atoms with Gasteiger partial charge in [0.25, 0.3) is 0 Å². The molecule has 0 unspecified atom stereocenters. The van der Waals surface area contributed by atoms with Crippen LogP contribution in [0.15, 0.2) is 29.3 Å². The van der Waals surface area contributed by atoms with Crippen molar-refractivity contribution in [2.24, 2.45) is 4.99 Å². The maximum absolute atomic E-state index is 12.1. The molecule has 0 aliphatic carbocycles. The fourth-order valence-electron chi connectivity index (χ4n) is 2.50. The number of benzene rings is 1. The molecule has 0 amide bonds. The molecule has 0 fully saturated rings. The number of hydrogen-bond donors (Lipinski definition) is 1. The SMILES string of the molecule is CN=C(NCCCCC(F)(F)F)N1CCc2ccccc21. The number of anilines is 1. The second kappa shape index (κ2) is 6.83. The maximum Gasteiger partial charge on any atom is 0.389 e. The summed E-state index contributed by atoms with van der Waals surface area (Å²) in [5.41, 5.74) is 2.40. The van der Waals surface area contributed by atoms with Crippen LogP contribution in [0.4, 0.5) is 18.9 Å². The first-order valence-electron chi connectivity index (χ1n) is 7.14. The number of rotatable bonds is 4. The van der Waals surface area contributed by atoms with Crippen LogP contribution in [-0.4, -0.2) is 32.3 Å². The van der Waals surface area contributed by atoms with Gasteiger partial charge >= 0.3 is 6.18 Å². The first-order valence-corrected chi connectivity index (χ1v) is 7.14. The molecular formula is C15H20F3N3. The van der Waals surface area contributed by atoms with Crippen LogP contribution in [0.2, 0.25) is 0 Å². The van der Waals surface area contributed by atoms with Gasteiger partial charge in [-0.05, 0) is 30.9 Å². The van der Waals surface area contributed by atoms with Gasteiger partial charge in [0.1, 0.15) is 0 Å². The zero-order valence-electron chi connectivity index (χ0n) is 12.1. The first kappa shape index (κ1) is 15.7. The molecule has 1 N–H and O–H groups in total. The van der Waals surface area contributed by atoms with Gasteiger partial charge in [-0.25, -0.2) is 0 Å². The fourth-order valence-corrected chi connectivity index (χ4v) is 2.50. The Bertz CT molecular complexity index is 497. The Balaban J connectivity index is 1.83. The van der Waals surface area contributed by atoms with Gasteiger partial charge in [0, 0.05) is 32.2 Å². The minimum Gasteiger partial charge on any atom is -0.356 e. The molecule has 2 rings (SSSR count). The van der Waals surface area contributed by atoms with E-state index in [4.69, 9.17) is 0 Å². The number of para-hydroxylation sites is 1. The molecule has 0 saturated carbocycles. The van der Waals surface area contributed by atoms with Gasteiger partial charge in [0.05, 0.1) is 0 Å². The second-order valence-electron chi connectivity index (χ2n) is 5.08. The van der Waals surface area contributed by atoms with Crippen LogP contribution < -0.4 is 10.2 Å². The summed E-state index contributed by atoms with van der Waals surface area (Å²) in [7, 11) is 1.69. The van der Waals surface area contributed by atoms with E-state index in [1.54, 1.807) is 7.05 Å². The average molecular weight is 299 g/mol. The number of halogens is 3. The largest absolute Gasteiger partial charge is 0.389 e. The highest BCUT2D eigenvalue weighted by molar-refractivity contribution is 5.97. The summed E-state index contributed by atoms with van der Waals surface area (Å²) >= 11 is 0. The van der Waals surface area contributed by atoms with Crippen molar-refractivity contribution < 1.29 is 13.2 Å². The average Bonchev–Trinajstić information content (AvgIpc) is 2.86. The molecule has 0 aromatic heterocycles. The minimum absolute atomic E-state index is 0.143. The topological polar surface area (TPSA) is 27.6 Å². The molecule has 1 aliphatic heterocycles. The van der Waals surface area contributed by atoms with Gasteiger partial charge in [-0.3, -0.25) is 4.99 Å². The second-order valence-corrected chi connectivity index (χ2v) is 5.08. The van der Waals surface area contributed by atoms with Crippen LogP contribution in [-0.2, 0) is 6.42 Å². The smallest absolute Gasteiger partial charge is 0.356 e. The molecule has 21 heavy (non-hydrogen) atoms. The third-order valence-electron chi connectivity index (χ3n) is 3.52. The third kappa shape index (κ3) is 4.37. The highest BCUT2D eigenvalue weighted by atomic mass is 19.4. The molecular weight excluding hydrogens is 279 g/mol. The Morgan fingerprint density at radius 2 is 2.05 bits per heavy atom. The van der Waals surface area contributed by atoms with Crippen molar-refractivity contribution in [1.82, 2.24) is 5.32 Å². The molecule has 6 heteroatoms. The van der Waals surface area contributed by atoms with Crippen molar-refractivity contribution in [2.75, 3.05) is 25.0 Å². The van der Waals surface area contributed by atoms with Gasteiger partial charge in [-0.2, -0.15) is 13.2 Å². The van der Waals surface area contributed by atoms with E-state index in [1.165, 1.54) is 5.56 Å². The van der Waals surface area contributed by atoms with Crippen molar-refractivity contribution in [3.63, 3.8) is 0 Å². The number of nitrogens with one attached hydrogen (secondary N) is 1. The van der Waals surface area contributed by atoms with Crippen LogP contribution in [0.3, 0.4) is 0 Å². The number of unbranched alkanes of at least 4 members (excludes halogenated alkanes) is 1. The summed E-state index contributed by atoms with van der Waals surface area (Å²) in [4.78, 5) is 6.31. The van der Waals surface area contributed by atoms with E-state index in [9.17, 15) is 13.2 Å². The minimum atomic E-state index is -4.06. The quantitative estimate of drug-likeness (QED) is 0.524. The Morgan fingerprint density at radius 1 is 1.29 bits per heavy atom. The van der Waals surface area contributed by atoms with Gasteiger partial charge in [-0.15, -0.1) is 0 Å². The molecule has 116 valence electrons. The highest BCUT2D eigenvalue weighted by Crippen LogP contribution is 2.27. The number of nitrogens with zero attached hydrogens (tertiary/aromatic N) is 2. The summed E-state index contributed by atoms with van der Waals surface area (Å²) in [6.07, 6.45) is -3.20. The molecule has 3 nitrogen and oxygen atoms in total. The summed E-state index contributed by atoms with van der Waals surface area (Å²) in [5.74, 6) is 0.729. The molecule has 0 bridgehead atoms. The number of guanidine groups is 1. The Morgan fingerprint density at radius 3 is 2.76 bits per heavy atom. The van der Waals surface area contributed by atoms with Crippen molar-refractivity contribution in [2.45, 2.75) is 31.9 Å². The summed E-state index contributed by atoms with van der Waals surface area (Å²) in [5, 5.41) is 3.15. The first-order chi connectivity index (χ1) is 10.0. The van der Waals surface area contributed by atoms with E-state index >= 15 is 0 Å². The molecule has 0 radical (unpaired) electrons. The van der Waals surface area contributed by atoms with E-state index in [0.29, 0.717) is 13.0 Å². The lowest BCUT2D eigenvalue weighted by atomic mass is 10.2. The van der Waals surface area contributed by atoms with E-state index in [1.807, 2.05) is 18.2 Å². The predicted molar refractivity (Wildman–Crippen MR) is 78.8 cm³/mol. The standard InChI is InChI=1S/C15H20F3N3/c1-19-14(20-10-5-4-9-15(16,17)18)21-11-8-12-6-2-3-7-13(12)21/h2-3,6-7H,4-5,8-11H2,1H3,(H,19,20). The van der Waals surface area contributed by atoms with E-state index in [0.717, 1.165) is 24.6 Å². The van der Waals surface area contributed by atoms with E-state index in [2.05, 4.69) is 21.3 Å². The fraction of sp³-hybridized carbons (Fsp3) is 0.533. The Labute approximate surface area is 122 Å². The molecule has 0 saturated heterocycles. The van der Waals surface area contributed by atoms with Crippen LogP contribution in [0.1, 0.15) is 24.8 Å². The Kier molecular flexibility index (Phi) is 5.09. The van der Waals surface area contributed by atoms with Gasteiger partial charge in [0.15, 0.2) is 5.96 Å². The number of hydrogen-bond acceptors (Lipinski definition) is 1. The van der Waals surface area contributed by atoms with Gasteiger partial charge in [-0.1, -0.05) is 18.2 Å². The molecule has 0 atom stereocenters. The molecule has 1 aliphatic rings. The van der Waals surface area contributed by atoms with E-state index < -0.39 is 12.6 Å². The lowest BCUT2D eigenvalue weighted by Gasteiger charge is -2.22. The lowest BCUT2D eigenvalue weighted by molar-refractivity contribution is -0.135. The molecule has 0 spiro atoms. The van der Waals surface area contributed by atoms with Gasteiger partial charge in [0.2, 0.25) is 0 Å². The van der Waals surface area contributed by atoms with Crippen molar-refractivity contribution >= 4 is 11.6 Å². The lowest BCUT2D eigenvalue weighted by Crippen LogP contribution is -2.41. The van der Waals surface area contributed by atoms with Crippen molar-refractivity contribution in [3.8, 4) is 0 Å². The number of fused-ring (bicyclic) bond motifs is 1. The van der Waals surface area contributed by atoms with Crippen LogP contribution in [0.25, 0.3) is 0 Å². The summed E-state index contributed by atoms with van der Waals surface area (Å²) < 4.78 is 36.2. The normalized spacial score (nSPS) is 15.2. The van der Waals surface area contributed by atoms with Crippen LogP contribution in [0.5, 0.6) is 0 Å². The number of alkyl halides is 3. The van der Waals surface area contributed by atoms with Crippen LogP contribution in [0, 0.1) is 0 Å². The van der Waals surface area contributed by atoms with Crippen molar-refractivity contribution in [1.29, 1.82) is 0 Å². The maximum atomic E-state index is 12.1. The zero-order chi connectivity index (χ0) is 15.3. The molecule has 1 aromatic carbocycles. The van der Waals surface area contributed by atoms with Crippen molar-refractivity contribution in [3.05, 3.63) is 29.8 Å². The highest BCUT2D eigenvalue weighted by Gasteiger charge is 2.26. The Hall–Kier alpha value is -1.72. The molecule has 1 aromatic rings. The molecule has 1 heterocycles. The van der Waals surface area contributed by atoms with E-state index in [-0.39, 0.29) is 6.42 Å². The monoisotopic (exact) mass is 299 g/mol. The zero-order valence-corrected chi connectivity index (χ0v) is 12.1. The third-order valence-corrected chi connectivity index (χ3v) is 3.52. The predicted octanol–water partition coefficient (Wildman–Crippen LogP) is 3.36. The number of aliphatic imine (C=N–C) groups is 1. The van der Waals surface area contributed by atoms with Gasteiger partial charge < -0.3 is 10.2 Å².